The summed E-state index contributed by atoms with van der Waals surface area (Å²) in [5.41, 5.74) is 0.907. The monoisotopic (exact) mass is 408 g/mol. The van der Waals surface area contributed by atoms with Gasteiger partial charge in [0.1, 0.15) is 17.1 Å². The van der Waals surface area contributed by atoms with Gasteiger partial charge in [0.05, 0.1) is 18.2 Å². The number of nitrogens with one attached hydrogen (secondary N) is 1. The Morgan fingerprint density at radius 1 is 1.17 bits per heavy atom. The molecule has 2 aromatic rings. The predicted molar refractivity (Wildman–Crippen MR) is 97.6 cm³/mol. The third kappa shape index (κ3) is 3.69. The number of anilines is 1. The van der Waals surface area contributed by atoms with Crippen LogP contribution in [0, 0.1) is 0 Å². The van der Waals surface area contributed by atoms with Gasteiger partial charge < -0.3 is 25.2 Å². The van der Waals surface area contributed by atoms with Crippen molar-refractivity contribution < 1.29 is 32.9 Å². The van der Waals surface area contributed by atoms with Crippen LogP contribution in [0.3, 0.4) is 0 Å². The number of carbonyl (C=O) groups excluding carboxylic acids is 1. The molecule has 2 aromatic carbocycles. The number of alkyl halides is 3. The number of carbonyl (C=O) groups is 1. The van der Waals surface area contributed by atoms with Gasteiger partial charge >= 0.3 is 6.18 Å². The number of phenols is 2. The maximum atomic E-state index is 12.9. The zero-order valence-electron chi connectivity index (χ0n) is 15.3. The molecule has 2 aliphatic rings. The first-order valence-electron chi connectivity index (χ1n) is 9.11. The van der Waals surface area contributed by atoms with Crippen LogP contribution in [0.4, 0.5) is 18.9 Å². The Balaban J connectivity index is 1.58. The molecule has 0 radical (unpaired) electrons. The molecule has 29 heavy (non-hydrogen) atoms. The van der Waals surface area contributed by atoms with E-state index in [1.807, 2.05) is 18.2 Å². The fraction of sp³-hybridized carbons (Fsp3) is 0.350. The van der Waals surface area contributed by atoms with E-state index in [4.69, 9.17) is 4.74 Å². The molecule has 0 aliphatic carbocycles. The Bertz CT molecular complexity index is 932. The molecule has 9 heteroatoms. The smallest absolute Gasteiger partial charge is 0.416 e. The number of phenolic OH excluding ortho intramolecular Hbond substituents is 2. The molecule has 0 saturated carbocycles. The number of amides is 1. The number of aromatic hydroxyl groups is 2. The highest BCUT2D eigenvalue weighted by molar-refractivity contribution is 6.00. The molecule has 0 aromatic heterocycles. The first-order chi connectivity index (χ1) is 13.7. The fourth-order valence-electron chi connectivity index (χ4n) is 3.72. The van der Waals surface area contributed by atoms with Crippen molar-refractivity contribution in [3.05, 3.63) is 52.6 Å². The summed E-state index contributed by atoms with van der Waals surface area (Å²) in [6.45, 7) is 1.72. The summed E-state index contributed by atoms with van der Waals surface area (Å²) >= 11 is 0. The van der Waals surface area contributed by atoms with Crippen molar-refractivity contribution in [3.8, 4) is 11.5 Å². The Hall–Kier alpha value is -2.94. The van der Waals surface area contributed by atoms with E-state index in [2.05, 4.69) is 5.32 Å². The molecule has 0 spiro atoms. The fourth-order valence-corrected chi connectivity index (χ4v) is 3.72. The van der Waals surface area contributed by atoms with E-state index >= 15 is 0 Å². The van der Waals surface area contributed by atoms with Crippen LogP contribution in [0.5, 0.6) is 11.5 Å². The summed E-state index contributed by atoms with van der Waals surface area (Å²) in [6.07, 6.45) is -3.87. The molecule has 1 saturated heterocycles. The number of fused-ring (bicyclic) bond motifs is 1. The van der Waals surface area contributed by atoms with Crippen molar-refractivity contribution in [3.63, 3.8) is 0 Å². The standard InChI is InChI=1S/C20H19F3N2O4/c21-20(22,23)12-6-16(26)18(17(27)7-12)19(28)25-8-11-2-1-3-15(14(11)9-25)24-13-4-5-29-10-13/h1-3,6-7,13,24,26-27H,4-5,8-10H2/t13-/m0/s1. The number of benzene rings is 2. The van der Waals surface area contributed by atoms with Gasteiger partial charge in [-0.15, -0.1) is 0 Å². The summed E-state index contributed by atoms with van der Waals surface area (Å²) < 4.78 is 43.9. The summed E-state index contributed by atoms with van der Waals surface area (Å²) in [6, 6.07) is 6.70. The van der Waals surface area contributed by atoms with Crippen LogP contribution in [0.15, 0.2) is 30.3 Å². The molecule has 2 aliphatic heterocycles. The second kappa shape index (κ2) is 7.14. The molecule has 1 fully saturated rings. The van der Waals surface area contributed by atoms with Crippen LogP contribution in [-0.2, 0) is 24.0 Å². The predicted octanol–water partition coefficient (Wildman–Crippen LogP) is 3.47. The maximum Gasteiger partial charge on any atom is 0.416 e. The third-order valence-corrected chi connectivity index (χ3v) is 5.20. The molecule has 1 amide bonds. The molecular weight excluding hydrogens is 389 g/mol. The van der Waals surface area contributed by atoms with Crippen LogP contribution in [-0.4, -0.2) is 40.3 Å². The van der Waals surface area contributed by atoms with Gasteiger partial charge in [0.25, 0.3) is 5.91 Å². The van der Waals surface area contributed by atoms with E-state index in [1.165, 1.54) is 4.90 Å². The van der Waals surface area contributed by atoms with Crippen LogP contribution in [0.25, 0.3) is 0 Å². The number of rotatable bonds is 3. The largest absolute Gasteiger partial charge is 0.507 e. The van der Waals surface area contributed by atoms with Gasteiger partial charge in [-0.1, -0.05) is 12.1 Å². The number of hydrogen-bond donors (Lipinski definition) is 3. The molecule has 6 nitrogen and oxygen atoms in total. The van der Waals surface area contributed by atoms with Gasteiger partial charge in [-0.2, -0.15) is 13.2 Å². The normalized spacial score (nSPS) is 18.7. The highest BCUT2D eigenvalue weighted by Gasteiger charge is 2.35. The lowest BCUT2D eigenvalue weighted by atomic mass is 10.1. The van der Waals surface area contributed by atoms with Gasteiger partial charge in [-0.25, -0.2) is 0 Å². The van der Waals surface area contributed by atoms with E-state index in [0.29, 0.717) is 25.3 Å². The molecule has 2 heterocycles. The molecule has 154 valence electrons. The molecular formula is C20H19F3N2O4. The SMILES string of the molecule is O=C(c1c(O)cc(C(F)(F)F)cc1O)N1Cc2cccc(N[C@H]3CCOC3)c2C1. The van der Waals surface area contributed by atoms with Crippen LogP contribution < -0.4 is 5.32 Å². The van der Waals surface area contributed by atoms with Crippen molar-refractivity contribution in [2.75, 3.05) is 18.5 Å². The van der Waals surface area contributed by atoms with E-state index in [1.54, 1.807) is 0 Å². The maximum absolute atomic E-state index is 12.9. The van der Waals surface area contributed by atoms with Crippen LogP contribution >= 0.6 is 0 Å². The van der Waals surface area contributed by atoms with E-state index in [-0.39, 0.29) is 19.1 Å². The Labute approximate surface area is 164 Å². The highest BCUT2D eigenvalue weighted by atomic mass is 19.4. The third-order valence-electron chi connectivity index (χ3n) is 5.20. The van der Waals surface area contributed by atoms with Gasteiger partial charge in [-0.3, -0.25) is 4.79 Å². The van der Waals surface area contributed by atoms with Crippen molar-refractivity contribution >= 4 is 11.6 Å². The first kappa shape index (κ1) is 19.4. The number of nitrogens with zero attached hydrogens (tertiary/aromatic N) is 1. The van der Waals surface area contributed by atoms with Crippen molar-refractivity contribution in [2.24, 2.45) is 0 Å². The Morgan fingerprint density at radius 3 is 2.52 bits per heavy atom. The van der Waals surface area contributed by atoms with Crippen molar-refractivity contribution in [1.29, 1.82) is 0 Å². The second-order valence-electron chi connectivity index (χ2n) is 7.20. The van der Waals surface area contributed by atoms with Crippen molar-refractivity contribution in [2.45, 2.75) is 31.7 Å². The van der Waals surface area contributed by atoms with E-state index in [9.17, 15) is 28.2 Å². The van der Waals surface area contributed by atoms with Crippen LogP contribution in [0.2, 0.25) is 0 Å². The lowest BCUT2D eigenvalue weighted by Crippen LogP contribution is -2.26. The zero-order chi connectivity index (χ0) is 20.8. The van der Waals surface area contributed by atoms with E-state index in [0.717, 1.165) is 23.2 Å². The second-order valence-corrected chi connectivity index (χ2v) is 7.20. The average Bonchev–Trinajstić information content (AvgIpc) is 3.30. The lowest BCUT2D eigenvalue weighted by Gasteiger charge is -2.19. The van der Waals surface area contributed by atoms with Gasteiger partial charge in [-0.05, 0) is 35.7 Å². The molecule has 4 rings (SSSR count). The molecule has 0 unspecified atom stereocenters. The number of ether oxygens (including phenoxy) is 1. The van der Waals surface area contributed by atoms with Crippen molar-refractivity contribution in [1.82, 2.24) is 4.90 Å². The summed E-state index contributed by atoms with van der Waals surface area (Å²) in [4.78, 5) is 14.2. The Morgan fingerprint density at radius 2 is 1.90 bits per heavy atom. The minimum atomic E-state index is -4.75. The zero-order valence-corrected chi connectivity index (χ0v) is 15.3. The molecule has 3 N–H and O–H groups in total. The van der Waals surface area contributed by atoms with E-state index < -0.39 is 34.7 Å². The highest BCUT2D eigenvalue weighted by Crippen LogP contribution is 2.39. The average molecular weight is 408 g/mol. The topological polar surface area (TPSA) is 82.0 Å². The quantitative estimate of drug-likeness (QED) is 0.725. The Kier molecular flexibility index (Phi) is 4.77. The first-order valence-corrected chi connectivity index (χ1v) is 9.11. The van der Waals surface area contributed by atoms with Gasteiger partial charge in [0.2, 0.25) is 0 Å². The lowest BCUT2D eigenvalue weighted by molar-refractivity contribution is -0.137. The summed E-state index contributed by atoms with van der Waals surface area (Å²) in [7, 11) is 0. The van der Waals surface area contributed by atoms with Crippen LogP contribution in [0.1, 0.15) is 33.5 Å². The summed E-state index contributed by atoms with van der Waals surface area (Å²) in [5.74, 6) is -2.54. The number of halogens is 3. The molecule has 1 atom stereocenters. The summed E-state index contributed by atoms with van der Waals surface area (Å²) in [5, 5.41) is 23.4. The minimum absolute atomic E-state index is 0.175. The number of hydrogen-bond acceptors (Lipinski definition) is 5. The minimum Gasteiger partial charge on any atom is -0.507 e. The van der Waals surface area contributed by atoms with Gasteiger partial charge in [0, 0.05) is 25.4 Å². The molecule has 0 bridgehead atoms. The van der Waals surface area contributed by atoms with Gasteiger partial charge in [0.15, 0.2) is 0 Å².